The summed E-state index contributed by atoms with van der Waals surface area (Å²) in [5, 5.41) is 3.18. The third-order valence-corrected chi connectivity index (χ3v) is 4.12. The number of carbonyl (C=O) groups is 1. The van der Waals surface area contributed by atoms with Gasteiger partial charge in [0.15, 0.2) is 11.3 Å². The molecule has 2 saturated heterocycles. The average Bonchev–Trinajstić information content (AvgIpc) is 2.88. The van der Waals surface area contributed by atoms with Crippen molar-refractivity contribution in [3.8, 4) is 0 Å². The fraction of sp³-hybridized carbons (Fsp3) is 0.833. The second kappa shape index (κ2) is 4.26. The number of carbonyl (C=O) groups excluding carboxylic acids is 2. The molecule has 0 saturated carbocycles. The van der Waals surface area contributed by atoms with Gasteiger partial charge in [0.05, 0.1) is 6.04 Å². The van der Waals surface area contributed by atoms with Crippen LogP contribution in [0.4, 0.5) is 0 Å². The summed E-state index contributed by atoms with van der Waals surface area (Å²) < 4.78 is 0. The van der Waals surface area contributed by atoms with Crippen molar-refractivity contribution in [2.24, 2.45) is 5.92 Å². The van der Waals surface area contributed by atoms with E-state index in [1.54, 1.807) is 0 Å². The lowest BCUT2D eigenvalue weighted by atomic mass is 9.80. The van der Waals surface area contributed by atoms with Gasteiger partial charge in [0.1, 0.15) is 0 Å². The molecule has 1 N–H and O–H groups in total. The van der Waals surface area contributed by atoms with E-state index in [1.165, 1.54) is 0 Å². The van der Waals surface area contributed by atoms with Gasteiger partial charge in [0.2, 0.25) is 6.29 Å². The monoisotopic (exact) mass is 223 g/mol. The minimum atomic E-state index is -0.998. The molecule has 0 aromatic heterocycles. The molecule has 0 spiro atoms. The molecule has 1 radical (unpaired) electrons. The number of ketones is 1. The van der Waals surface area contributed by atoms with Crippen LogP contribution in [-0.2, 0) is 9.59 Å². The zero-order valence-corrected chi connectivity index (χ0v) is 9.95. The average molecular weight is 223 g/mol. The predicted octanol–water partition coefficient (Wildman–Crippen LogP) is 0.128. The van der Waals surface area contributed by atoms with Gasteiger partial charge in [-0.2, -0.15) is 0 Å². The first-order chi connectivity index (χ1) is 7.63. The molecule has 16 heavy (non-hydrogen) atoms. The first kappa shape index (κ1) is 11.7. The van der Waals surface area contributed by atoms with Crippen LogP contribution in [0.3, 0.4) is 0 Å². The van der Waals surface area contributed by atoms with Crippen LogP contribution in [0.25, 0.3) is 0 Å². The molecular formula is C12H19N2O2. The molecule has 4 nitrogen and oxygen atoms in total. The quantitative estimate of drug-likeness (QED) is 0.691. The number of nitrogens with zero attached hydrogens (tertiary/aromatic N) is 1. The van der Waals surface area contributed by atoms with Gasteiger partial charge in [-0.3, -0.25) is 14.5 Å². The summed E-state index contributed by atoms with van der Waals surface area (Å²) in [4.78, 5) is 25.7. The molecule has 1 unspecified atom stereocenters. The SMILES string of the molecule is CC1CCN(C)[C@@]1([C]=O)C(=O)[C@@H]1CCCN1. The van der Waals surface area contributed by atoms with Crippen LogP contribution in [0.2, 0.25) is 0 Å². The summed E-state index contributed by atoms with van der Waals surface area (Å²) >= 11 is 0. The van der Waals surface area contributed by atoms with E-state index in [0.717, 1.165) is 32.4 Å². The Morgan fingerprint density at radius 1 is 1.50 bits per heavy atom. The second-order valence-electron chi connectivity index (χ2n) is 4.99. The topological polar surface area (TPSA) is 49.4 Å². The number of hydrogen-bond acceptors (Lipinski definition) is 4. The Hall–Kier alpha value is -0.740. The third kappa shape index (κ3) is 1.52. The standard InChI is InChI=1S/C12H19N2O2/c1-9-5-7-14(2)12(9,8-15)11(16)10-4-3-6-13-10/h9-10,13H,3-7H2,1-2H3/t9?,10-,12+/m0/s1. The van der Waals surface area contributed by atoms with Crippen LogP contribution in [0, 0.1) is 5.92 Å². The maximum atomic E-state index is 12.5. The predicted molar refractivity (Wildman–Crippen MR) is 60.9 cm³/mol. The van der Waals surface area contributed by atoms with Crippen LogP contribution in [0.5, 0.6) is 0 Å². The molecule has 2 aliphatic heterocycles. The normalized spacial score (nSPS) is 40.1. The molecule has 0 aliphatic carbocycles. The number of nitrogens with one attached hydrogen (secondary N) is 1. The van der Waals surface area contributed by atoms with E-state index >= 15 is 0 Å². The zero-order valence-electron chi connectivity index (χ0n) is 9.95. The molecule has 89 valence electrons. The van der Waals surface area contributed by atoms with E-state index < -0.39 is 5.54 Å². The van der Waals surface area contributed by atoms with E-state index in [1.807, 2.05) is 25.2 Å². The van der Waals surface area contributed by atoms with Crippen LogP contribution < -0.4 is 5.32 Å². The van der Waals surface area contributed by atoms with Gasteiger partial charge >= 0.3 is 0 Å². The largest absolute Gasteiger partial charge is 0.307 e. The molecule has 2 heterocycles. The molecule has 2 rings (SSSR count). The molecule has 3 atom stereocenters. The Morgan fingerprint density at radius 2 is 2.25 bits per heavy atom. The number of Topliss-reactive ketones (excluding diaryl/α,β-unsaturated/α-hetero) is 1. The summed E-state index contributed by atoms with van der Waals surface area (Å²) in [6.07, 6.45) is 4.80. The van der Waals surface area contributed by atoms with E-state index in [9.17, 15) is 9.59 Å². The number of rotatable bonds is 3. The van der Waals surface area contributed by atoms with Crippen molar-refractivity contribution in [2.75, 3.05) is 20.1 Å². The van der Waals surface area contributed by atoms with Gasteiger partial charge in [0.25, 0.3) is 0 Å². The summed E-state index contributed by atoms with van der Waals surface area (Å²) in [6.45, 7) is 3.65. The van der Waals surface area contributed by atoms with Gasteiger partial charge < -0.3 is 5.32 Å². The van der Waals surface area contributed by atoms with Crippen LogP contribution in [0.1, 0.15) is 26.2 Å². The molecular weight excluding hydrogens is 204 g/mol. The highest BCUT2D eigenvalue weighted by atomic mass is 16.2. The Bertz CT molecular complexity index is 287. The lowest BCUT2D eigenvalue weighted by Crippen LogP contribution is -2.59. The number of likely N-dealkylation sites (tertiary alicyclic amines) is 1. The molecule has 0 bridgehead atoms. The highest BCUT2D eigenvalue weighted by Crippen LogP contribution is 2.34. The van der Waals surface area contributed by atoms with Crippen molar-refractivity contribution in [3.63, 3.8) is 0 Å². The highest BCUT2D eigenvalue weighted by Gasteiger charge is 2.53. The van der Waals surface area contributed by atoms with Gasteiger partial charge in [-0.1, -0.05) is 6.92 Å². The first-order valence-corrected chi connectivity index (χ1v) is 6.01. The van der Waals surface area contributed by atoms with Gasteiger partial charge in [0, 0.05) is 0 Å². The molecule has 2 fully saturated rings. The van der Waals surface area contributed by atoms with Gasteiger partial charge in [-0.05, 0) is 45.3 Å². The van der Waals surface area contributed by atoms with Crippen molar-refractivity contribution in [1.82, 2.24) is 10.2 Å². The Kier molecular flexibility index (Phi) is 3.13. The van der Waals surface area contributed by atoms with Gasteiger partial charge in [-0.25, -0.2) is 0 Å². The second-order valence-corrected chi connectivity index (χ2v) is 4.99. The maximum absolute atomic E-state index is 12.5. The molecule has 0 amide bonds. The van der Waals surface area contributed by atoms with Gasteiger partial charge in [-0.15, -0.1) is 0 Å². The first-order valence-electron chi connectivity index (χ1n) is 6.01. The van der Waals surface area contributed by atoms with E-state index in [-0.39, 0.29) is 17.7 Å². The summed E-state index contributed by atoms with van der Waals surface area (Å²) in [7, 11) is 1.85. The lowest BCUT2D eigenvalue weighted by molar-refractivity contribution is -0.128. The van der Waals surface area contributed by atoms with Crippen LogP contribution in [0.15, 0.2) is 0 Å². The van der Waals surface area contributed by atoms with Crippen LogP contribution in [-0.4, -0.2) is 48.7 Å². The van der Waals surface area contributed by atoms with Crippen molar-refractivity contribution < 1.29 is 9.59 Å². The summed E-state index contributed by atoms with van der Waals surface area (Å²) in [5.41, 5.74) is -0.998. The van der Waals surface area contributed by atoms with Crippen molar-refractivity contribution in [3.05, 3.63) is 0 Å². The lowest BCUT2D eigenvalue weighted by Gasteiger charge is -2.33. The van der Waals surface area contributed by atoms with Crippen molar-refractivity contribution in [2.45, 2.75) is 37.8 Å². The Labute approximate surface area is 96.4 Å². The van der Waals surface area contributed by atoms with Crippen molar-refractivity contribution in [1.29, 1.82) is 0 Å². The summed E-state index contributed by atoms with van der Waals surface area (Å²) in [6, 6.07) is -0.149. The fourth-order valence-corrected chi connectivity index (χ4v) is 2.98. The molecule has 2 aliphatic rings. The fourth-order valence-electron chi connectivity index (χ4n) is 2.98. The summed E-state index contributed by atoms with van der Waals surface area (Å²) in [5.74, 6) is 0.0948. The number of likely N-dealkylation sites (N-methyl/N-ethyl adjacent to an activating group) is 1. The zero-order chi connectivity index (χ0) is 11.8. The van der Waals surface area contributed by atoms with Crippen molar-refractivity contribution >= 4 is 12.1 Å². The molecule has 0 aromatic rings. The minimum Gasteiger partial charge on any atom is -0.307 e. The highest BCUT2D eigenvalue weighted by molar-refractivity contribution is 6.06. The maximum Gasteiger partial charge on any atom is 0.228 e. The third-order valence-electron chi connectivity index (χ3n) is 4.12. The Balaban J connectivity index is 2.26. The van der Waals surface area contributed by atoms with E-state index in [2.05, 4.69) is 5.32 Å². The minimum absolute atomic E-state index is 0.0208. The smallest absolute Gasteiger partial charge is 0.228 e. The van der Waals surface area contributed by atoms with E-state index in [4.69, 9.17) is 0 Å². The molecule has 0 aromatic carbocycles. The molecule has 4 heteroatoms. The Morgan fingerprint density at radius 3 is 2.69 bits per heavy atom. The van der Waals surface area contributed by atoms with E-state index in [0.29, 0.717) is 0 Å². The number of hydrogen-bond donors (Lipinski definition) is 1. The van der Waals surface area contributed by atoms with Crippen LogP contribution >= 0.6 is 0 Å².